The van der Waals surface area contributed by atoms with Crippen LogP contribution < -0.4 is 0 Å². The van der Waals surface area contributed by atoms with E-state index in [2.05, 4.69) is 6.08 Å². The second-order valence-electron chi connectivity index (χ2n) is 6.61. The topological polar surface area (TPSA) is 35.5 Å². The fourth-order valence-corrected chi connectivity index (χ4v) is 3.27. The Morgan fingerprint density at radius 3 is 2.70 bits per heavy atom. The first-order valence-electron chi connectivity index (χ1n) is 7.96. The molecule has 0 aromatic rings. The Morgan fingerprint density at radius 1 is 1.35 bits per heavy atom. The number of rotatable bonds is 5. The van der Waals surface area contributed by atoms with E-state index in [0.717, 1.165) is 32.3 Å². The molecular weight excluding hydrogens is 252 g/mol. The Balaban J connectivity index is 1.98. The van der Waals surface area contributed by atoms with Crippen LogP contribution in [0, 0.1) is 5.41 Å². The van der Waals surface area contributed by atoms with Crippen molar-refractivity contribution in [2.75, 3.05) is 6.61 Å². The van der Waals surface area contributed by atoms with E-state index >= 15 is 0 Å². The van der Waals surface area contributed by atoms with Crippen molar-refractivity contribution in [3.8, 4) is 0 Å². The molecule has 0 unspecified atom stereocenters. The molecule has 0 aromatic heterocycles. The third-order valence-electron chi connectivity index (χ3n) is 4.76. The first-order chi connectivity index (χ1) is 9.50. The predicted molar refractivity (Wildman–Crippen MR) is 79.5 cm³/mol. The lowest BCUT2D eigenvalue weighted by Crippen LogP contribution is -2.50. The van der Waals surface area contributed by atoms with Gasteiger partial charge in [0.25, 0.3) is 0 Å². The summed E-state index contributed by atoms with van der Waals surface area (Å²) in [6.07, 6.45) is 10.6. The lowest BCUT2D eigenvalue weighted by atomic mass is 9.78. The summed E-state index contributed by atoms with van der Waals surface area (Å²) in [5.74, 6) is -0.0836. The Bertz CT molecular complexity index is 364. The minimum absolute atomic E-state index is 0.00699. The zero-order chi connectivity index (χ0) is 14.6. The van der Waals surface area contributed by atoms with Crippen molar-refractivity contribution in [3.63, 3.8) is 0 Å². The highest BCUT2D eigenvalue weighted by atomic mass is 16.7. The largest absolute Gasteiger partial charge is 0.350 e. The van der Waals surface area contributed by atoms with Crippen LogP contribution in [0.4, 0.5) is 0 Å². The highest BCUT2D eigenvalue weighted by molar-refractivity contribution is 5.84. The van der Waals surface area contributed by atoms with Gasteiger partial charge in [0, 0.05) is 24.7 Å². The zero-order valence-corrected chi connectivity index (χ0v) is 13.1. The zero-order valence-electron chi connectivity index (χ0n) is 13.1. The molecule has 1 saturated heterocycles. The van der Waals surface area contributed by atoms with Crippen LogP contribution in [0.1, 0.15) is 65.7 Å². The van der Waals surface area contributed by atoms with Gasteiger partial charge in [0.05, 0.1) is 12.7 Å². The second-order valence-corrected chi connectivity index (χ2v) is 6.61. The molecule has 0 bridgehead atoms. The molecule has 3 heteroatoms. The summed E-state index contributed by atoms with van der Waals surface area (Å²) in [5.41, 5.74) is -0.416. The summed E-state index contributed by atoms with van der Waals surface area (Å²) in [6.45, 7) is 6.77. The molecule has 1 spiro atoms. The number of ketones is 1. The van der Waals surface area contributed by atoms with Crippen LogP contribution in [-0.4, -0.2) is 24.3 Å². The van der Waals surface area contributed by atoms with E-state index in [9.17, 15) is 4.79 Å². The van der Waals surface area contributed by atoms with Crippen LogP contribution in [0.3, 0.4) is 0 Å². The molecule has 1 aliphatic heterocycles. The number of hydrogen-bond donors (Lipinski definition) is 0. The number of carbonyl (C=O) groups is 1. The van der Waals surface area contributed by atoms with E-state index < -0.39 is 5.41 Å². The van der Waals surface area contributed by atoms with Gasteiger partial charge in [0.2, 0.25) is 0 Å². The first kappa shape index (κ1) is 15.7. The molecular formula is C17H28O3. The lowest BCUT2D eigenvalue weighted by molar-refractivity contribution is -0.303. The maximum Gasteiger partial charge on any atom is 0.168 e. The Hall–Kier alpha value is -0.670. The minimum Gasteiger partial charge on any atom is -0.350 e. The van der Waals surface area contributed by atoms with E-state index in [1.165, 1.54) is 12.8 Å². The van der Waals surface area contributed by atoms with Gasteiger partial charge in [-0.25, -0.2) is 0 Å². The van der Waals surface area contributed by atoms with Gasteiger partial charge in [-0.15, -0.1) is 0 Å². The highest BCUT2D eigenvalue weighted by Crippen LogP contribution is 2.43. The quantitative estimate of drug-likeness (QED) is 0.714. The van der Waals surface area contributed by atoms with Crippen molar-refractivity contribution in [1.82, 2.24) is 0 Å². The molecule has 0 radical (unpaired) electrons. The molecule has 0 N–H and O–H groups in total. The van der Waals surface area contributed by atoms with Gasteiger partial charge in [-0.1, -0.05) is 26.0 Å². The SMILES string of the molecule is C/C=C/CCC(=O)C(C)(C)[C@@H]1CCOC2(CCCC2)O1. The van der Waals surface area contributed by atoms with Gasteiger partial charge in [-0.05, 0) is 32.6 Å². The first-order valence-corrected chi connectivity index (χ1v) is 7.96. The molecule has 2 aliphatic rings. The van der Waals surface area contributed by atoms with Crippen molar-refractivity contribution < 1.29 is 14.3 Å². The molecule has 1 heterocycles. The molecule has 114 valence electrons. The third-order valence-corrected chi connectivity index (χ3v) is 4.76. The van der Waals surface area contributed by atoms with E-state index in [0.29, 0.717) is 12.2 Å². The van der Waals surface area contributed by atoms with E-state index in [1.54, 1.807) is 0 Å². The van der Waals surface area contributed by atoms with Crippen LogP contribution in [0.5, 0.6) is 0 Å². The lowest BCUT2D eigenvalue weighted by Gasteiger charge is -2.44. The van der Waals surface area contributed by atoms with Crippen LogP contribution >= 0.6 is 0 Å². The van der Waals surface area contributed by atoms with Crippen LogP contribution in [-0.2, 0) is 14.3 Å². The average molecular weight is 280 g/mol. The summed E-state index contributed by atoms with van der Waals surface area (Å²) in [5, 5.41) is 0. The summed E-state index contributed by atoms with van der Waals surface area (Å²) >= 11 is 0. The fraction of sp³-hybridized carbons (Fsp3) is 0.824. The van der Waals surface area contributed by atoms with Gasteiger partial charge < -0.3 is 9.47 Å². The molecule has 1 aliphatic carbocycles. The molecule has 0 amide bonds. The molecule has 1 atom stereocenters. The van der Waals surface area contributed by atoms with Gasteiger partial charge in [-0.2, -0.15) is 0 Å². The van der Waals surface area contributed by atoms with Crippen molar-refractivity contribution in [2.45, 2.75) is 77.6 Å². The molecule has 3 nitrogen and oxygen atoms in total. The van der Waals surface area contributed by atoms with Crippen LogP contribution in [0.15, 0.2) is 12.2 Å². The van der Waals surface area contributed by atoms with Crippen LogP contribution in [0.2, 0.25) is 0 Å². The van der Waals surface area contributed by atoms with Gasteiger partial charge in [0.15, 0.2) is 5.79 Å². The maximum absolute atomic E-state index is 12.5. The minimum atomic E-state index is -0.416. The third kappa shape index (κ3) is 3.32. The smallest absolute Gasteiger partial charge is 0.168 e. The summed E-state index contributed by atoms with van der Waals surface area (Å²) in [6, 6.07) is 0. The van der Waals surface area contributed by atoms with Crippen LogP contribution in [0.25, 0.3) is 0 Å². The van der Waals surface area contributed by atoms with Crippen molar-refractivity contribution in [1.29, 1.82) is 0 Å². The molecule has 20 heavy (non-hydrogen) atoms. The molecule has 2 rings (SSSR count). The predicted octanol–water partition coefficient (Wildman–Crippen LogP) is 4.01. The maximum atomic E-state index is 12.5. The van der Waals surface area contributed by atoms with Crippen molar-refractivity contribution in [2.24, 2.45) is 5.41 Å². The van der Waals surface area contributed by atoms with Gasteiger partial charge in [-0.3, -0.25) is 4.79 Å². The molecule has 2 fully saturated rings. The molecule has 0 aromatic carbocycles. The van der Waals surface area contributed by atoms with Crippen molar-refractivity contribution >= 4 is 5.78 Å². The standard InChI is InChI=1S/C17H28O3/c1-4-5-6-9-14(18)16(2,3)15-10-13-19-17(20-15)11-7-8-12-17/h4-5,15H,6-13H2,1-3H3/b5-4+/t15-/m0/s1. The monoisotopic (exact) mass is 280 g/mol. The van der Waals surface area contributed by atoms with Crippen molar-refractivity contribution in [3.05, 3.63) is 12.2 Å². The number of Topliss-reactive ketones (excluding diaryl/α,β-unsaturated/α-hetero) is 1. The Morgan fingerprint density at radius 2 is 2.05 bits per heavy atom. The second kappa shape index (κ2) is 6.40. The number of allylic oxidation sites excluding steroid dienone is 2. The summed E-state index contributed by atoms with van der Waals surface area (Å²) in [7, 11) is 0. The normalized spacial score (nSPS) is 26.4. The van der Waals surface area contributed by atoms with E-state index in [-0.39, 0.29) is 11.9 Å². The fourth-order valence-electron chi connectivity index (χ4n) is 3.27. The van der Waals surface area contributed by atoms with Gasteiger partial charge in [0.1, 0.15) is 5.78 Å². The number of hydrogen-bond acceptors (Lipinski definition) is 3. The summed E-state index contributed by atoms with van der Waals surface area (Å²) < 4.78 is 12.2. The average Bonchev–Trinajstić information content (AvgIpc) is 2.87. The molecule has 1 saturated carbocycles. The highest BCUT2D eigenvalue weighted by Gasteiger charge is 2.47. The van der Waals surface area contributed by atoms with E-state index in [4.69, 9.17) is 9.47 Å². The summed E-state index contributed by atoms with van der Waals surface area (Å²) in [4.78, 5) is 12.5. The number of carbonyl (C=O) groups excluding carboxylic acids is 1. The Labute approximate surface area is 122 Å². The van der Waals surface area contributed by atoms with E-state index in [1.807, 2.05) is 26.8 Å². The number of ether oxygens (including phenoxy) is 2. The Kier molecular flexibility index (Phi) is 5.03. The van der Waals surface area contributed by atoms with Gasteiger partial charge >= 0.3 is 0 Å².